The monoisotopic (exact) mass is 232 g/mol. The zero-order valence-corrected chi connectivity index (χ0v) is 10.3. The van der Waals surface area contributed by atoms with Crippen LogP contribution in [0.4, 0.5) is 0 Å². The molecule has 92 valence electrons. The van der Waals surface area contributed by atoms with Gasteiger partial charge in [0.05, 0.1) is 6.54 Å². The van der Waals surface area contributed by atoms with Crippen molar-refractivity contribution in [3.63, 3.8) is 0 Å². The molecule has 17 heavy (non-hydrogen) atoms. The summed E-state index contributed by atoms with van der Waals surface area (Å²) in [5.41, 5.74) is 1.12. The molecular weight excluding hydrogens is 212 g/mol. The van der Waals surface area contributed by atoms with Crippen LogP contribution in [0, 0.1) is 0 Å². The van der Waals surface area contributed by atoms with Crippen LogP contribution in [0.15, 0.2) is 42.5 Å². The van der Waals surface area contributed by atoms with Crippen molar-refractivity contribution in [3.8, 4) is 0 Å². The van der Waals surface area contributed by atoms with Crippen molar-refractivity contribution in [2.75, 3.05) is 13.1 Å². The van der Waals surface area contributed by atoms with Gasteiger partial charge in [-0.3, -0.25) is 4.79 Å². The summed E-state index contributed by atoms with van der Waals surface area (Å²) < 4.78 is 0. The molecule has 0 aliphatic rings. The summed E-state index contributed by atoms with van der Waals surface area (Å²) in [6.07, 6.45) is 5.05. The molecule has 0 aliphatic heterocycles. The topological polar surface area (TPSA) is 41.1 Å². The first-order chi connectivity index (χ1) is 8.33. The summed E-state index contributed by atoms with van der Waals surface area (Å²) in [5.74, 6) is 0.0364. The van der Waals surface area contributed by atoms with E-state index in [1.165, 1.54) is 0 Å². The molecule has 0 spiro atoms. The van der Waals surface area contributed by atoms with E-state index in [0.29, 0.717) is 13.1 Å². The first-order valence-corrected chi connectivity index (χ1v) is 5.95. The quantitative estimate of drug-likeness (QED) is 0.556. The van der Waals surface area contributed by atoms with E-state index in [1.54, 1.807) is 0 Å². The number of benzene rings is 1. The molecule has 0 fully saturated rings. The molecule has 2 N–H and O–H groups in total. The van der Waals surface area contributed by atoms with Gasteiger partial charge in [-0.25, -0.2) is 0 Å². The molecule has 1 aromatic rings. The molecule has 0 aliphatic carbocycles. The molecule has 1 aromatic carbocycles. The lowest BCUT2D eigenvalue weighted by Gasteiger charge is -2.05. The lowest BCUT2D eigenvalue weighted by molar-refractivity contribution is -0.120. The second kappa shape index (κ2) is 8.53. The van der Waals surface area contributed by atoms with Gasteiger partial charge < -0.3 is 10.6 Å². The van der Waals surface area contributed by atoms with E-state index in [9.17, 15) is 4.79 Å². The Balaban J connectivity index is 2.09. The number of hydrogen-bond donors (Lipinski definition) is 2. The van der Waals surface area contributed by atoms with Crippen molar-refractivity contribution < 1.29 is 4.79 Å². The van der Waals surface area contributed by atoms with E-state index in [1.807, 2.05) is 43.3 Å². The van der Waals surface area contributed by atoms with Gasteiger partial charge in [0.2, 0.25) is 5.91 Å². The van der Waals surface area contributed by atoms with Gasteiger partial charge in [-0.15, -0.1) is 0 Å². The van der Waals surface area contributed by atoms with Crippen molar-refractivity contribution in [1.82, 2.24) is 10.6 Å². The summed E-state index contributed by atoms with van der Waals surface area (Å²) in [7, 11) is 0. The third-order valence-electron chi connectivity index (χ3n) is 2.34. The fourth-order valence-corrected chi connectivity index (χ4v) is 1.41. The molecule has 0 heterocycles. The molecule has 1 amide bonds. The van der Waals surface area contributed by atoms with Crippen LogP contribution < -0.4 is 10.6 Å². The zero-order valence-electron chi connectivity index (χ0n) is 10.3. The van der Waals surface area contributed by atoms with Crippen molar-refractivity contribution >= 4 is 5.91 Å². The highest BCUT2D eigenvalue weighted by Gasteiger charge is 1.99. The van der Waals surface area contributed by atoms with E-state index in [4.69, 9.17) is 0 Å². The molecule has 0 saturated carbocycles. The molecule has 0 bridgehead atoms. The highest BCUT2D eigenvalue weighted by molar-refractivity contribution is 5.77. The third-order valence-corrected chi connectivity index (χ3v) is 2.34. The SMILES string of the molecule is C/C=C/CCNCC(=O)NCc1ccccc1. The zero-order chi connectivity index (χ0) is 12.3. The Morgan fingerprint density at radius 2 is 2.06 bits per heavy atom. The number of carbonyl (C=O) groups is 1. The molecule has 0 atom stereocenters. The highest BCUT2D eigenvalue weighted by atomic mass is 16.1. The van der Waals surface area contributed by atoms with Gasteiger partial charge >= 0.3 is 0 Å². The second-order valence-corrected chi connectivity index (χ2v) is 3.80. The Kier molecular flexibility index (Phi) is 6.75. The van der Waals surface area contributed by atoms with Gasteiger partial charge in [0.15, 0.2) is 0 Å². The lowest BCUT2D eigenvalue weighted by atomic mass is 10.2. The van der Waals surface area contributed by atoms with Crippen LogP contribution in [-0.2, 0) is 11.3 Å². The van der Waals surface area contributed by atoms with Crippen LogP contribution in [0.2, 0.25) is 0 Å². The normalized spacial score (nSPS) is 10.6. The smallest absolute Gasteiger partial charge is 0.234 e. The van der Waals surface area contributed by atoms with Crippen molar-refractivity contribution in [2.24, 2.45) is 0 Å². The molecule has 0 unspecified atom stereocenters. The maximum atomic E-state index is 11.5. The van der Waals surface area contributed by atoms with E-state index in [-0.39, 0.29) is 5.91 Å². The van der Waals surface area contributed by atoms with Gasteiger partial charge in [-0.1, -0.05) is 42.5 Å². The standard InChI is InChI=1S/C14H20N2O/c1-2-3-7-10-15-12-14(17)16-11-13-8-5-4-6-9-13/h2-6,8-9,15H,7,10-12H2,1H3,(H,16,17)/b3-2+. The van der Waals surface area contributed by atoms with Crippen LogP contribution in [0.25, 0.3) is 0 Å². The fourth-order valence-electron chi connectivity index (χ4n) is 1.41. The van der Waals surface area contributed by atoms with Crippen molar-refractivity contribution in [1.29, 1.82) is 0 Å². The summed E-state index contributed by atoms with van der Waals surface area (Å²) in [6, 6.07) is 9.90. The minimum Gasteiger partial charge on any atom is -0.351 e. The number of allylic oxidation sites excluding steroid dienone is 1. The predicted octanol–water partition coefficient (Wildman–Crippen LogP) is 1.86. The van der Waals surface area contributed by atoms with Crippen LogP contribution in [0.1, 0.15) is 18.9 Å². The second-order valence-electron chi connectivity index (χ2n) is 3.80. The van der Waals surface area contributed by atoms with Gasteiger partial charge in [0, 0.05) is 6.54 Å². The number of hydrogen-bond acceptors (Lipinski definition) is 2. The van der Waals surface area contributed by atoms with Crippen LogP contribution in [-0.4, -0.2) is 19.0 Å². The minimum atomic E-state index is 0.0364. The van der Waals surface area contributed by atoms with Gasteiger partial charge in [-0.05, 0) is 25.5 Å². The first kappa shape index (κ1) is 13.5. The van der Waals surface area contributed by atoms with E-state index < -0.39 is 0 Å². The average molecular weight is 232 g/mol. The highest BCUT2D eigenvalue weighted by Crippen LogP contribution is 1.96. The molecular formula is C14H20N2O. The largest absolute Gasteiger partial charge is 0.351 e. The number of nitrogens with one attached hydrogen (secondary N) is 2. The number of rotatable bonds is 7. The first-order valence-electron chi connectivity index (χ1n) is 5.95. The Morgan fingerprint density at radius 3 is 2.76 bits per heavy atom. The van der Waals surface area contributed by atoms with Crippen molar-refractivity contribution in [2.45, 2.75) is 19.9 Å². The van der Waals surface area contributed by atoms with E-state index >= 15 is 0 Å². The Bertz CT molecular complexity index is 346. The molecule has 0 aromatic heterocycles. The Hall–Kier alpha value is -1.61. The lowest BCUT2D eigenvalue weighted by Crippen LogP contribution is -2.33. The van der Waals surface area contributed by atoms with Crippen LogP contribution >= 0.6 is 0 Å². The van der Waals surface area contributed by atoms with Gasteiger partial charge in [0.1, 0.15) is 0 Å². The molecule has 1 rings (SSSR count). The van der Waals surface area contributed by atoms with Gasteiger partial charge in [-0.2, -0.15) is 0 Å². The van der Waals surface area contributed by atoms with Crippen LogP contribution in [0.3, 0.4) is 0 Å². The summed E-state index contributed by atoms with van der Waals surface area (Å²) in [5, 5.41) is 5.96. The maximum absolute atomic E-state index is 11.5. The predicted molar refractivity (Wildman–Crippen MR) is 70.6 cm³/mol. The summed E-state index contributed by atoms with van der Waals surface area (Å²) >= 11 is 0. The molecule has 0 saturated heterocycles. The van der Waals surface area contributed by atoms with E-state index in [2.05, 4.69) is 16.7 Å². The molecule has 3 heteroatoms. The van der Waals surface area contributed by atoms with Crippen LogP contribution in [0.5, 0.6) is 0 Å². The Morgan fingerprint density at radius 1 is 1.29 bits per heavy atom. The molecule has 0 radical (unpaired) electrons. The van der Waals surface area contributed by atoms with Gasteiger partial charge in [0.25, 0.3) is 0 Å². The average Bonchev–Trinajstić information content (AvgIpc) is 2.37. The van der Waals surface area contributed by atoms with Crippen molar-refractivity contribution in [3.05, 3.63) is 48.0 Å². The summed E-state index contributed by atoms with van der Waals surface area (Å²) in [4.78, 5) is 11.5. The minimum absolute atomic E-state index is 0.0364. The summed E-state index contributed by atoms with van der Waals surface area (Å²) in [6.45, 7) is 3.80. The Labute approximate surface area is 103 Å². The molecule has 3 nitrogen and oxygen atoms in total. The number of amides is 1. The maximum Gasteiger partial charge on any atom is 0.234 e. The number of carbonyl (C=O) groups excluding carboxylic acids is 1. The van der Waals surface area contributed by atoms with E-state index in [0.717, 1.165) is 18.5 Å². The third kappa shape index (κ3) is 6.53. The fraction of sp³-hybridized carbons (Fsp3) is 0.357.